The van der Waals surface area contributed by atoms with E-state index >= 15 is 4.39 Å². The second-order valence-electron chi connectivity index (χ2n) is 13.4. The van der Waals surface area contributed by atoms with Gasteiger partial charge < -0.3 is 27.0 Å². The van der Waals surface area contributed by atoms with Crippen molar-refractivity contribution in [1.82, 2.24) is 36.6 Å². The molecule has 50 heavy (non-hydrogen) atoms. The van der Waals surface area contributed by atoms with Gasteiger partial charge in [0.1, 0.15) is 11.9 Å². The number of halogens is 1. The number of amides is 3. The minimum absolute atomic E-state index is 0.0860. The number of nitrogens with two attached hydrogens (primary N) is 1. The molecular weight excluding hydrogens is 637 g/mol. The summed E-state index contributed by atoms with van der Waals surface area (Å²) in [6.07, 6.45) is 5.02. The van der Waals surface area contributed by atoms with Crippen molar-refractivity contribution in [2.75, 3.05) is 25.0 Å². The average molecular weight is 682 g/mol. The van der Waals surface area contributed by atoms with Crippen LogP contribution in [0.5, 0.6) is 0 Å². The fourth-order valence-electron chi connectivity index (χ4n) is 6.86. The molecule has 0 spiro atoms. The number of nitrogens with zero attached hydrogens (tertiary/aromatic N) is 3. The Balaban J connectivity index is 1.16. The molecule has 262 valence electrons. The van der Waals surface area contributed by atoms with Crippen molar-refractivity contribution < 1.29 is 18.8 Å². The number of tetrazole rings is 1. The zero-order valence-corrected chi connectivity index (χ0v) is 28.2. The summed E-state index contributed by atoms with van der Waals surface area (Å²) in [5, 5.41) is 26.2. The number of rotatable bonds is 11. The van der Waals surface area contributed by atoms with Crippen LogP contribution in [0.1, 0.15) is 60.0 Å². The molecule has 1 atom stereocenters. The molecule has 2 heterocycles. The number of hydrogen-bond donors (Lipinski definition) is 6. The van der Waals surface area contributed by atoms with Crippen LogP contribution in [-0.4, -0.2) is 70.1 Å². The van der Waals surface area contributed by atoms with Gasteiger partial charge in [-0.1, -0.05) is 18.2 Å². The number of H-pyrrole nitrogens is 1. The Bertz CT molecular complexity index is 1780. The molecule has 2 aliphatic rings. The fourth-order valence-corrected chi connectivity index (χ4v) is 6.86. The molecule has 1 unspecified atom stereocenters. The van der Waals surface area contributed by atoms with Crippen molar-refractivity contribution in [1.29, 1.82) is 0 Å². The number of hydrogen-bond acceptors (Lipinski definition) is 8. The van der Waals surface area contributed by atoms with E-state index in [1.54, 1.807) is 54.6 Å². The molecule has 0 bridgehead atoms. The first-order valence-corrected chi connectivity index (χ1v) is 17.3. The first kappa shape index (κ1) is 34.8. The molecule has 3 aromatic carbocycles. The molecule has 12 nitrogen and oxygen atoms in total. The molecule has 1 saturated carbocycles. The normalized spacial score (nSPS) is 18.6. The summed E-state index contributed by atoms with van der Waals surface area (Å²) in [6.45, 7) is 4.21. The Kier molecular flexibility index (Phi) is 11.2. The van der Waals surface area contributed by atoms with Gasteiger partial charge in [0, 0.05) is 40.8 Å². The van der Waals surface area contributed by atoms with E-state index in [1.807, 2.05) is 6.92 Å². The van der Waals surface area contributed by atoms with Gasteiger partial charge in [0.15, 0.2) is 0 Å². The van der Waals surface area contributed by atoms with Gasteiger partial charge >= 0.3 is 0 Å². The molecule has 2 fully saturated rings. The molecule has 1 saturated heterocycles. The van der Waals surface area contributed by atoms with Crippen molar-refractivity contribution in [3.63, 3.8) is 0 Å². The highest BCUT2D eigenvalue weighted by Crippen LogP contribution is 2.30. The molecule has 4 aromatic rings. The van der Waals surface area contributed by atoms with E-state index in [9.17, 15) is 14.4 Å². The second-order valence-corrected chi connectivity index (χ2v) is 13.4. The Labute approximate surface area is 290 Å². The van der Waals surface area contributed by atoms with E-state index in [0.29, 0.717) is 59.1 Å². The lowest BCUT2D eigenvalue weighted by Gasteiger charge is -2.28. The van der Waals surface area contributed by atoms with Crippen LogP contribution in [0.4, 0.5) is 10.1 Å². The van der Waals surface area contributed by atoms with Gasteiger partial charge in [-0.25, -0.2) is 4.39 Å². The van der Waals surface area contributed by atoms with E-state index in [0.717, 1.165) is 49.9 Å². The van der Waals surface area contributed by atoms with Crippen LogP contribution in [0.2, 0.25) is 0 Å². The van der Waals surface area contributed by atoms with Gasteiger partial charge in [-0.05, 0) is 135 Å². The van der Waals surface area contributed by atoms with Crippen LogP contribution in [0.3, 0.4) is 0 Å². The van der Waals surface area contributed by atoms with Crippen molar-refractivity contribution in [2.45, 2.75) is 64.0 Å². The number of aromatic nitrogens is 4. The van der Waals surface area contributed by atoms with Crippen LogP contribution in [-0.2, 0) is 16.0 Å². The Morgan fingerprint density at radius 1 is 0.940 bits per heavy atom. The Hall–Kier alpha value is -5.01. The minimum atomic E-state index is -0.948. The lowest BCUT2D eigenvalue weighted by atomic mass is 9.81. The highest BCUT2D eigenvalue weighted by molar-refractivity contribution is 5.98. The number of nitrogens with one attached hydrogen (secondary N) is 5. The van der Waals surface area contributed by atoms with Crippen LogP contribution in [0.25, 0.3) is 22.5 Å². The third kappa shape index (κ3) is 8.58. The zero-order valence-electron chi connectivity index (χ0n) is 28.2. The van der Waals surface area contributed by atoms with Gasteiger partial charge in [0.05, 0.1) is 0 Å². The predicted octanol–water partition coefficient (Wildman–Crippen LogP) is 3.89. The van der Waals surface area contributed by atoms with E-state index in [1.165, 1.54) is 6.07 Å². The van der Waals surface area contributed by atoms with Crippen LogP contribution >= 0.6 is 0 Å². The van der Waals surface area contributed by atoms with Gasteiger partial charge in [-0.2, -0.15) is 5.21 Å². The van der Waals surface area contributed by atoms with Crippen LogP contribution in [0.15, 0.2) is 60.7 Å². The average Bonchev–Trinajstić information content (AvgIpc) is 3.68. The summed E-state index contributed by atoms with van der Waals surface area (Å²) in [5.41, 5.74) is 10.0. The third-order valence-corrected chi connectivity index (χ3v) is 9.87. The van der Waals surface area contributed by atoms with Gasteiger partial charge in [0.25, 0.3) is 5.91 Å². The number of carbonyl (C=O) groups is 3. The number of anilines is 1. The number of aromatic amines is 1. The number of piperidine rings is 1. The molecule has 0 radical (unpaired) electrons. The van der Waals surface area contributed by atoms with Gasteiger partial charge in [-0.3, -0.25) is 14.4 Å². The van der Waals surface area contributed by atoms with Crippen molar-refractivity contribution in [3.05, 3.63) is 83.2 Å². The summed E-state index contributed by atoms with van der Waals surface area (Å²) < 4.78 is 15.8. The van der Waals surface area contributed by atoms with Gasteiger partial charge in [-0.15, -0.1) is 10.2 Å². The van der Waals surface area contributed by atoms with Gasteiger partial charge in [0.2, 0.25) is 17.6 Å². The standard InChI is InChI=1S/C37H44FN9O3/c1-22-18-27(36(49)41-29-14-16-40-17-15-29)9-13-30(22)31-12-4-24(19-32(31)38)20-33(43-35(48)26-5-2-23(21-39)3-6-26)37(50)42-28-10-7-25(8-11-28)34-44-46-47-45-34/h4,7-13,18-19,23,26,29,33,40H,2-3,5-6,14-17,20-21,39H2,1H3,(H,41,49)(H,42,50)(H,43,48)(H,44,45,46,47). The van der Waals surface area contributed by atoms with E-state index < -0.39 is 17.8 Å². The van der Waals surface area contributed by atoms with Crippen LogP contribution < -0.4 is 27.0 Å². The number of aryl methyl sites for hydroxylation is 1. The molecule has 1 aromatic heterocycles. The molecule has 1 aliphatic carbocycles. The molecule has 7 N–H and O–H groups in total. The first-order chi connectivity index (χ1) is 24.3. The minimum Gasteiger partial charge on any atom is -0.349 e. The molecule has 1 aliphatic heterocycles. The zero-order chi connectivity index (χ0) is 35.0. The first-order valence-electron chi connectivity index (χ1n) is 17.3. The predicted molar refractivity (Wildman–Crippen MR) is 188 cm³/mol. The highest BCUT2D eigenvalue weighted by atomic mass is 19.1. The topological polar surface area (TPSA) is 180 Å². The highest BCUT2D eigenvalue weighted by Gasteiger charge is 2.30. The Morgan fingerprint density at radius 3 is 2.34 bits per heavy atom. The smallest absolute Gasteiger partial charge is 0.251 e. The van der Waals surface area contributed by atoms with E-state index in [4.69, 9.17) is 5.73 Å². The van der Waals surface area contributed by atoms with Crippen molar-refractivity contribution >= 4 is 23.4 Å². The lowest BCUT2D eigenvalue weighted by molar-refractivity contribution is -0.130. The fraction of sp³-hybridized carbons (Fsp3) is 0.405. The maximum absolute atomic E-state index is 15.8. The Morgan fingerprint density at radius 2 is 1.68 bits per heavy atom. The van der Waals surface area contributed by atoms with Crippen LogP contribution in [0, 0.1) is 24.6 Å². The van der Waals surface area contributed by atoms with E-state index in [-0.39, 0.29) is 30.2 Å². The maximum Gasteiger partial charge on any atom is 0.251 e. The summed E-state index contributed by atoms with van der Waals surface area (Å²) in [6, 6.07) is 16.3. The third-order valence-electron chi connectivity index (χ3n) is 9.87. The van der Waals surface area contributed by atoms with Crippen molar-refractivity contribution in [3.8, 4) is 22.5 Å². The molecule has 6 rings (SSSR count). The molecule has 3 amide bonds. The lowest BCUT2D eigenvalue weighted by Crippen LogP contribution is -2.48. The number of benzene rings is 3. The summed E-state index contributed by atoms with van der Waals surface area (Å²) in [5.74, 6) is -0.582. The summed E-state index contributed by atoms with van der Waals surface area (Å²) >= 11 is 0. The molecular formula is C37H44FN9O3. The quantitative estimate of drug-likeness (QED) is 0.138. The molecule has 13 heteroatoms. The summed E-state index contributed by atoms with van der Waals surface area (Å²) in [7, 11) is 0. The summed E-state index contributed by atoms with van der Waals surface area (Å²) in [4.78, 5) is 40.0. The maximum atomic E-state index is 15.8. The van der Waals surface area contributed by atoms with Crippen molar-refractivity contribution in [2.24, 2.45) is 17.6 Å². The largest absolute Gasteiger partial charge is 0.349 e. The number of carbonyl (C=O) groups excluding carboxylic acids is 3. The SMILES string of the molecule is Cc1cc(C(=O)NC2CCNCC2)ccc1-c1ccc(CC(NC(=O)C2CCC(CN)CC2)C(=O)Nc2ccc(-c3nn[nH]n3)cc2)cc1F. The second kappa shape index (κ2) is 16.1. The monoisotopic (exact) mass is 681 g/mol. The van der Waals surface area contributed by atoms with E-state index in [2.05, 4.69) is 41.9 Å².